The van der Waals surface area contributed by atoms with Gasteiger partial charge in [0.05, 0.1) is 18.9 Å². The third kappa shape index (κ3) is 3.55. The van der Waals surface area contributed by atoms with Crippen LogP contribution < -0.4 is 10.5 Å². The van der Waals surface area contributed by atoms with E-state index in [1.54, 1.807) is 24.5 Å². The SMILES string of the molecule is Nc1c(C(=O)c2ccncc2)sc2nc(OCCN3CCOCC3)c3c(c12)CCC3. The number of carbonyl (C=O) groups is 1. The molecular formula is C22H24N4O3S. The van der Waals surface area contributed by atoms with Crippen LogP contribution in [0.1, 0.15) is 32.8 Å². The van der Waals surface area contributed by atoms with Crippen LogP contribution in [0.3, 0.4) is 0 Å². The molecule has 1 fully saturated rings. The monoisotopic (exact) mass is 424 g/mol. The molecule has 0 spiro atoms. The quantitative estimate of drug-likeness (QED) is 0.609. The minimum atomic E-state index is -0.0839. The summed E-state index contributed by atoms with van der Waals surface area (Å²) in [5, 5.41) is 0.936. The van der Waals surface area contributed by atoms with E-state index in [0.29, 0.717) is 28.6 Å². The first-order valence-electron chi connectivity index (χ1n) is 10.3. The molecule has 0 radical (unpaired) electrons. The van der Waals surface area contributed by atoms with Gasteiger partial charge in [0.15, 0.2) is 0 Å². The van der Waals surface area contributed by atoms with Gasteiger partial charge in [-0.1, -0.05) is 0 Å². The average Bonchev–Trinajstić information content (AvgIpc) is 3.39. The molecule has 1 saturated heterocycles. The molecule has 0 unspecified atom stereocenters. The van der Waals surface area contributed by atoms with Crippen molar-refractivity contribution in [1.29, 1.82) is 0 Å². The van der Waals surface area contributed by atoms with E-state index < -0.39 is 0 Å². The van der Waals surface area contributed by atoms with Gasteiger partial charge < -0.3 is 15.2 Å². The molecule has 2 aliphatic rings. The number of nitrogens with zero attached hydrogens (tertiary/aromatic N) is 3. The van der Waals surface area contributed by atoms with Gasteiger partial charge in [0, 0.05) is 48.5 Å². The highest BCUT2D eigenvalue weighted by Gasteiger charge is 2.27. The Kier molecular flexibility index (Phi) is 5.37. The van der Waals surface area contributed by atoms with Crippen LogP contribution in [0.5, 0.6) is 5.88 Å². The minimum Gasteiger partial charge on any atom is -0.476 e. The maximum absolute atomic E-state index is 13.0. The lowest BCUT2D eigenvalue weighted by Crippen LogP contribution is -2.38. The van der Waals surface area contributed by atoms with Crippen molar-refractivity contribution in [1.82, 2.24) is 14.9 Å². The topological polar surface area (TPSA) is 90.6 Å². The Bertz CT molecular complexity index is 1080. The standard InChI is InChI=1S/C22H24N4O3S/c23-18-17-15-2-1-3-16(15)21(29-13-10-26-8-11-28-12-9-26)25-22(17)30-20(18)19(27)14-4-6-24-7-5-14/h4-7H,1-3,8-13,23H2. The Labute approximate surface area is 178 Å². The molecule has 5 rings (SSSR count). The molecule has 0 amide bonds. The maximum Gasteiger partial charge on any atom is 0.218 e. The number of aryl methyl sites for hydroxylation is 1. The molecule has 4 heterocycles. The highest BCUT2D eigenvalue weighted by Crippen LogP contribution is 2.43. The number of thiophene rings is 1. The normalized spacial score (nSPS) is 16.7. The van der Waals surface area contributed by atoms with Crippen molar-refractivity contribution in [2.75, 3.05) is 45.2 Å². The molecule has 1 aliphatic heterocycles. The number of pyridine rings is 2. The van der Waals surface area contributed by atoms with Crippen LogP contribution in [0.2, 0.25) is 0 Å². The van der Waals surface area contributed by atoms with Crippen LogP contribution in [-0.2, 0) is 17.6 Å². The molecule has 1 aliphatic carbocycles. The molecule has 0 saturated carbocycles. The van der Waals surface area contributed by atoms with Crippen LogP contribution in [0.4, 0.5) is 5.69 Å². The van der Waals surface area contributed by atoms with Crippen LogP contribution in [0.25, 0.3) is 10.2 Å². The molecule has 8 heteroatoms. The van der Waals surface area contributed by atoms with Crippen molar-refractivity contribution in [3.63, 3.8) is 0 Å². The van der Waals surface area contributed by atoms with E-state index in [4.69, 9.17) is 20.2 Å². The Hall–Kier alpha value is -2.55. The van der Waals surface area contributed by atoms with Gasteiger partial charge in [-0.15, -0.1) is 11.3 Å². The molecule has 156 valence electrons. The number of carbonyl (C=O) groups excluding carboxylic acids is 1. The Balaban J connectivity index is 1.44. The van der Waals surface area contributed by atoms with Crippen molar-refractivity contribution in [2.24, 2.45) is 0 Å². The summed E-state index contributed by atoms with van der Waals surface area (Å²) in [6.45, 7) is 4.89. The van der Waals surface area contributed by atoms with E-state index in [0.717, 1.165) is 67.9 Å². The molecule has 7 nitrogen and oxygen atoms in total. The van der Waals surface area contributed by atoms with Gasteiger partial charge in [-0.3, -0.25) is 14.7 Å². The second-order valence-electron chi connectivity index (χ2n) is 7.62. The number of rotatable bonds is 6. The zero-order valence-corrected chi connectivity index (χ0v) is 17.5. The lowest BCUT2D eigenvalue weighted by Gasteiger charge is -2.26. The van der Waals surface area contributed by atoms with Crippen molar-refractivity contribution < 1.29 is 14.3 Å². The fourth-order valence-corrected chi connectivity index (χ4v) is 5.32. The predicted molar refractivity (Wildman–Crippen MR) is 116 cm³/mol. The first-order chi connectivity index (χ1) is 14.7. The minimum absolute atomic E-state index is 0.0839. The van der Waals surface area contributed by atoms with Gasteiger partial charge in [-0.05, 0) is 37.0 Å². The summed E-state index contributed by atoms with van der Waals surface area (Å²) in [5.41, 5.74) is 9.95. The number of hydrogen-bond acceptors (Lipinski definition) is 8. The molecule has 0 atom stereocenters. The molecule has 2 N–H and O–H groups in total. The van der Waals surface area contributed by atoms with Gasteiger partial charge >= 0.3 is 0 Å². The molecule has 3 aromatic heterocycles. The highest BCUT2D eigenvalue weighted by molar-refractivity contribution is 7.21. The molecule has 3 aromatic rings. The number of anilines is 1. The first kappa shape index (κ1) is 19.4. The maximum atomic E-state index is 13.0. The summed E-state index contributed by atoms with van der Waals surface area (Å²) < 4.78 is 11.5. The molecule has 0 bridgehead atoms. The summed E-state index contributed by atoms with van der Waals surface area (Å²) in [6.07, 6.45) is 6.17. The smallest absolute Gasteiger partial charge is 0.218 e. The van der Waals surface area contributed by atoms with Crippen molar-refractivity contribution in [3.8, 4) is 5.88 Å². The Morgan fingerprint density at radius 2 is 1.97 bits per heavy atom. The van der Waals surface area contributed by atoms with Crippen LogP contribution in [-0.4, -0.2) is 60.1 Å². The fourth-order valence-electron chi connectivity index (χ4n) is 4.24. The lowest BCUT2D eigenvalue weighted by molar-refractivity contribution is 0.0319. The van der Waals surface area contributed by atoms with E-state index in [-0.39, 0.29) is 5.78 Å². The predicted octanol–water partition coefficient (Wildman–Crippen LogP) is 2.70. The number of nitrogens with two attached hydrogens (primary N) is 1. The van der Waals surface area contributed by atoms with Crippen molar-refractivity contribution in [2.45, 2.75) is 19.3 Å². The number of fused-ring (bicyclic) bond motifs is 3. The van der Waals surface area contributed by atoms with Gasteiger partial charge in [-0.25, -0.2) is 4.98 Å². The van der Waals surface area contributed by atoms with E-state index in [1.165, 1.54) is 16.9 Å². The van der Waals surface area contributed by atoms with E-state index in [1.807, 2.05) is 0 Å². The van der Waals surface area contributed by atoms with Gasteiger partial charge in [0.1, 0.15) is 16.3 Å². The van der Waals surface area contributed by atoms with E-state index >= 15 is 0 Å². The number of aromatic nitrogens is 2. The lowest BCUT2D eigenvalue weighted by atomic mass is 10.1. The zero-order chi connectivity index (χ0) is 20.5. The second-order valence-corrected chi connectivity index (χ2v) is 8.62. The fraction of sp³-hybridized carbons (Fsp3) is 0.409. The van der Waals surface area contributed by atoms with Gasteiger partial charge in [0.25, 0.3) is 0 Å². The number of ketones is 1. The highest BCUT2D eigenvalue weighted by atomic mass is 32.1. The molecular weight excluding hydrogens is 400 g/mol. The summed E-state index contributed by atoms with van der Waals surface area (Å²) in [4.78, 5) is 25.5. The van der Waals surface area contributed by atoms with Crippen molar-refractivity contribution >= 4 is 33.0 Å². The number of ether oxygens (including phenoxy) is 2. The largest absolute Gasteiger partial charge is 0.476 e. The van der Waals surface area contributed by atoms with Crippen LogP contribution in [0.15, 0.2) is 24.5 Å². The summed E-state index contributed by atoms with van der Waals surface area (Å²) in [7, 11) is 0. The number of nitrogen functional groups attached to an aromatic ring is 1. The molecule has 30 heavy (non-hydrogen) atoms. The van der Waals surface area contributed by atoms with Gasteiger partial charge in [-0.2, -0.15) is 0 Å². The van der Waals surface area contributed by atoms with E-state index in [9.17, 15) is 4.79 Å². The zero-order valence-electron chi connectivity index (χ0n) is 16.7. The third-order valence-electron chi connectivity index (χ3n) is 5.81. The van der Waals surface area contributed by atoms with Crippen molar-refractivity contribution in [3.05, 3.63) is 46.1 Å². The van der Waals surface area contributed by atoms with Crippen LogP contribution in [0, 0.1) is 0 Å². The van der Waals surface area contributed by atoms with Crippen LogP contribution >= 0.6 is 11.3 Å². The Morgan fingerprint density at radius 1 is 1.20 bits per heavy atom. The third-order valence-corrected chi connectivity index (χ3v) is 6.90. The average molecular weight is 425 g/mol. The van der Waals surface area contributed by atoms with Gasteiger partial charge in [0.2, 0.25) is 11.7 Å². The van der Waals surface area contributed by atoms with E-state index in [2.05, 4.69) is 9.88 Å². The summed E-state index contributed by atoms with van der Waals surface area (Å²) >= 11 is 1.36. The Morgan fingerprint density at radius 3 is 2.77 bits per heavy atom. The number of hydrogen-bond donors (Lipinski definition) is 1. The first-order valence-corrected chi connectivity index (χ1v) is 11.2. The molecule has 0 aromatic carbocycles. The number of morpholine rings is 1. The summed E-state index contributed by atoms with van der Waals surface area (Å²) in [6, 6.07) is 3.42. The summed E-state index contributed by atoms with van der Waals surface area (Å²) in [5.74, 6) is 0.617. The second kappa shape index (κ2) is 8.29.